The molecule has 144 valence electrons. The Labute approximate surface area is 168 Å². The number of aryl methyl sites for hydroxylation is 2. The lowest BCUT2D eigenvalue weighted by Crippen LogP contribution is -2.51. The van der Waals surface area contributed by atoms with Crippen molar-refractivity contribution in [3.8, 4) is 6.07 Å². The van der Waals surface area contributed by atoms with Gasteiger partial charge in [-0.3, -0.25) is 4.79 Å². The molecule has 1 aromatic heterocycles. The Balaban J connectivity index is 1.99. The Morgan fingerprint density at radius 3 is 2.56 bits per heavy atom. The molecule has 0 aliphatic rings. The second-order valence-corrected chi connectivity index (χ2v) is 9.58. The second kappa shape index (κ2) is 8.72. The molecule has 0 aliphatic heterocycles. The number of amides is 1. The number of rotatable bonds is 7. The first-order valence-corrected chi connectivity index (χ1v) is 10.4. The van der Waals surface area contributed by atoms with Gasteiger partial charge in [-0.05, 0) is 56.9 Å². The molecule has 2 rings (SSSR count). The molecule has 0 radical (unpaired) electrons. The van der Waals surface area contributed by atoms with E-state index in [4.69, 9.17) is 0 Å². The highest BCUT2D eigenvalue weighted by atomic mass is 32.2. The topological polar surface area (TPSA) is 90.7 Å². The number of hydrogen-bond donors (Lipinski definition) is 2. The van der Waals surface area contributed by atoms with Gasteiger partial charge in [-0.1, -0.05) is 43.0 Å². The molecule has 2 aromatic rings. The fraction of sp³-hybridized carbons (Fsp3) is 0.474. The van der Waals surface area contributed by atoms with E-state index in [2.05, 4.69) is 52.9 Å². The van der Waals surface area contributed by atoms with E-state index < -0.39 is 5.54 Å². The normalized spacial score (nSPS) is 14.3. The fourth-order valence-electron chi connectivity index (χ4n) is 2.11. The summed E-state index contributed by atoms with van der Waals surface area (Å²) in [5, 5.41) is 24.0. The Kier molecular flexibility index (Phi) is 6.84. The number of thioether (sulfide) groups is 1. The molecular formula is C19H25N5OS2. The van der Waals surface area contributed by atoms with Gasteiger partial charge in [0.2, 0.25) is 11.0 Å². The van der Waals surface area contributed by atoms with Crippen LogP contribution in [0, 0.1) is 31.1 Å². The molecule has 0 bridgehead atoms. The zero-order chi connectivity index (χ0) is 20.2. The molecule has 0 saturated heterocycles. The van der Waals surface area contributed by atoms with Gasteiger partial charge < -0.3 is 10.6 Å². The van der Waals surface area contributed by atoms with Gasteiger partial charge in [0.25, 0.3) is 0 Å². The summed E-state index contributed by atoms with van der Waals surface area (Å²) in [5.74, 6) is -0.171. The van der Waals surface area contributed by atoms with E-state index in [1.807, 2.05) is 19.9 Å². The molecule has 1 amide bonds. The molecule has 8 heteroatoms. The Hall–Kier alpha value is -2.11. The van der Waals surface area contributed by atoms with Crippen LogP contribution in [0.1, 0.15) is 38.8 Å². The van der Waals surface area contributed by atoms with Crippen LogP contribution in [0.5, 0.6) is 0 Å². The quantitative estimate of drug-likeness (QED) is 0.665. The molecular weight excluding hydrogens is 378 g/mol. The van der Waals surface area contributed by atoms with Gasteiger partial charge in [0.1, 0.15) is 5.54 Å². The number of nitrogens with one attached hydrogen (secondary N) is 2. The van der Waals surface area contributed by atoms with Gasteiger partial charge in [-0.15, -0.1) is 10.2 Å². The van der Waals surface area contributed by atoms with Crippen molar-refractivity contribution in [3.63, 3.8) is 0 Å². The van der Waals surface area contributed by atoms with Gasteiger partial charge in [0.05, 0.1) is 11.3 Å². The van der Waals surface area contributed by atoms with Crippen LogP contribution in [0.25, 0.3) is 0 Å². The standard InChI is InChI=1S/C19H25N5OS2/c1-11(2)19(6,10-20)22-16(25)14(5)26-18-24-23-17(27-18)21-15-8-7-12(3)13(4)9-15/h7-9,11,14H,1-6H3,(H,21,23)(H,22,25)/t14-,19+/m0/s1. The lowest BCUT2D eigenvalue weighted by atomic mass is 9.90. The van der Waals surface area contributed by atoms with Gasteiger partial charge in [0.15, 0.2) is 4.34 Å². The first kappa shape index (κ1) is 21.2. The first-order chi connectivity index (χ1) is 12.6. The molecule has 1 heterocycles. The summed E-state index contributed by atoms with van der Waals surface area (Å²) in [7, 11) is 0. The van der Waals surface area contributed by atoms with E-state index >= 15 is 0 Å². The summed E-state index contributed by atoms with van der Waals surface area (Å²) in [6, 6.07) is 8.31. The molecule has 0 unspecified atom stereocenters. The highest BCUT2D eigenvalue weighted by Crippen LogP contribution is 2.31. The number of nitriles is 1. The average Bonchev–Trinajstić information content (AvgIpc) is 3.04. The first-order valence-electron chi connectivity index (χ1n) is 8.72. The van der Waals surface area contributed by atoms with Crippen LogP contribution in [0.15, 0.2) is 22.5 Å². The summed E-state index contributed by atoms with van der Waals surface area (Å²) < 4.78 is 0.701. The molecule has 6 nitrogen and oxygen atoms in total. The van der Waals surface area contributed by atoms with Crippen molar-refractivity contribution in [1.29, 1.82) is 5.26 Å². The molecule has 1 aromatic carbocycles. The predicted molar refractivity (Wildman–Crippen MR) is 111 cm³/mol. The minimum Gasteiger partial charge on any atom is -0.337 e. The fourth-order valence-corrected chi connectivity index (χ4v) is 4.03. The molecule has 27 heavy (non-hydrogen) atoms. The molecule has 0 spiro atoms. The maximum Gasteiger partial charge on any atom is 0.234 e. The number of carbonyl (C=O) groups is 1. The smallest absolute Gasteiger partial charge is 0.234 e. The van der Waals surface area contributed by atoms with Crippen molar-refractivity contribution in [2.45, 2.75) is 56.7 Å². The number of benzene rings is 1. The molecule has 2 atom stereocenters. The number of carbonyl (C=O) groups excluding carboxylic acids is 1. The molecule has 2 N–H and O–H groups in total. The molecule has 0 aliphatic carbocycles. The van der Waals surface area contributed by atoms with Crippen LogP contribution in [0.3, 0.4) is 0 Å². The Morgan fingerprint density at radius 1 is 1.26 bits per heavy atom. The minimum atomic E-state index is -0.886. The number of hydrogen-bond acceptors (Lipinski definition) is 7. The third-order valence-electron chi connectivity index (χ3n) is 4.58. The minimum absolute atomic E-state index is 0.0129. The summed E-state index contributed by atoms with van der Waals surface area (Å²) in [5.41, 5.74) is 2.51. The van der Waals surface area contributed by atoms with Gasteiger partial charge in [0, 0.05) is 5.69 Å². The summed E-state index contributed by atoms with van der Waals surface area (Å²) in [6.45, 7) is 11.5. The lowest BCUT2D eigenvalue weighted by molar-refractivity contribution is -0.121. The summed E-state index contributed by atoms with van der Waals surface area (Å²) in [6.07, 6.45) is 0. The van der Waals surface area contributed by atoms with E-state index in [1.165, 1.54) is 34.2 Å². The highest BCUT2D eigenvalue weighted by Gasteiger charge is 2.32. The van der Waals surface area contributed by atoms with E-state index in [0.717, 1.165) is 5.69 Å². The number of nitrogens with zero attached hydrogens (tertiary/aromatic N) is 3. The van der Waals surface area contributed by atoms with E-state index in [9.17, 15) is 10.1 Å². The maximum atomic E-state index is 12.5. The van der Waals surface area contributed by atoms with E-state index in [0.29, 0.717) is 9.47 Å². The number of anilines is 2. The Bertz CT molecular complexity index is 858. The highest BCUT2D eigenvalue weighted by molar-refractivity contribution is 8.02. The maximum absolute atomic E-state index is 12.5. The largest absolute Gasteiger partial charge is 0.337 e. The third-order valence-corrected chi connectivity index (χ3v) is 6.60. The summed E-state index contributed by atoms with van der Waals surface area (Å²) in [4.78, 5) is 12.5. The summed E-state index contributed by atoms with van der Waals surface area (Å²) >= 11 is 2.73. The van der Waals surface area contributed by atoms with Crippen LogP contribution in [-0.2, 0) is 4.79 Å². The van der Waals surface area contributed by atoms with Crippen molar-refractivity contribution >= 4 is 39.8 Å². The number of aromatic nitrogens is 2. The third kappa shape index (κ3) is 5.44. The second-order valence-electron chi connectivity index (χ2n) is 7.02. The molecule has 0 fully saturated rings. The van der Waals surface area contributed by atoms with Gasteiger partial charge >= 0.3 is 0 Å². The average molecular weight is 404 g/mol. The van der Waals surface area contributed by atoms with Crippen molar-refractivity contribution in [3.05, 3.63) is 29.3 Å². The SMILES string of the molecule is Cc1ccc(Nc2nnc(S[C@@H](C)C(=O)N[C@](C)(C#N)C(C)C)s2)cc1C. The zero-order valence-electron chi connectivity index (χ0n) is 16.5. The van der Waals surface area contributed by atoms with Crippen LogP contribution in [-0.4, -0.2) is 26.9 Å². The Morgan fingerprint density at radius 2 is 1.96 bits per heavy atom. The van der Waals surface area contributed by atoms with Crippen LogP contribution in [0.4, 0.5) is 10.8 Å². The monoisotopic (exact) mass is 403 g/mol. The van der Waals surface area contributed by atoms with Crippen LogP contribution < -0.4 is 10.6 Å². The van der Waals surface area contributed by atoms with Gasteiger partial charge in [-0.25, -0.2) is 0 Å². The van der Waals surface area contributed by atoms with Crippen molar-refractivity contribution in [2.75, 3.05) is 5.32 Å². The van der Waals surface area contributed by atoms with Crippen molar-refractivity contribution in [2.24, 2.45) is 5.92 Å². The van der Waals surface area contributed by atoms with E-state index in [-0.39, 0.29) is 17.1 Å². The lowest BCUT2D eigenvalue weighted by Gasteiger charge is -2.28. The van der Waals surface area contributed by atoms with Crippen LogP contribution >= 0.6 is 23.1 Å². The van der Waals surface area contributed by atoms with Crippen molar-refractivity contribution in [1.82, 2.24) is 15.5 Å². The van der Waals surface area contributed by atoms with E-state index in [1.54, 1.807) is 13.8 Å². The predicted octanol–water partition coefficient (Wildman–Crippen LogP) is 4.43. The van der Waals surface area contributed by atoms with Gasteiger partial charge in [-0.2, -0.15) is 5.26 Å². The zero-order valence-corrected chi connectivity index (χ0v) is 18.1. The van der Waals surface area contributed by atoms with Crippen LogP contribution in [0.2, 0.25) is 0 Å². The molecule has 0 saturated carbocycles. The van der Waals surface area contributed by atoms with Crippen molar-refractivity contribution < 1.29 is 4.79 Å².